The SMILES string of the molecule is O=C1C(=Cc2cc3c(s2)c2c(c4sc(C=C5C(=O)c6cc7ccccc7cc6C5=O)cc4n2C(=O)OCc2ccccc2)n3C(=O)OCc2ccccc2)C(=O)c2cc3ccccc3cc21. The minimum atomic E-state index is -0.739. The van der Waals surface area contributed by atoms with Crippen LogP contribution in [-0.4, -0.2) is 44.5 Å². The van der Waals surface area contributed by atoms with Crippen LogP contribution in [0.1, 0.15) is 62.3 Å². The number of hydrogen-bond donors (Lipinski definition) is 0. The Bertz CT molecular complexity index is 3520. The molecule has 6 aromatic carbocycles. The molecule has 316 valence electrons. The van der Waals surface area contributed by atoms with Crippen LogP contribution >= 0.6 is 22.7 Å². The predicted octanol–water partition coefficient (Wildman–Crippen LogP) is 12.5. The zero-order valence-electron chi connectivity index (χ0n) is 34.4. The van der Waals surface area contributed by atoms with Crippen LogP contribution in [0.5, 0.6) is 0 Å². The van der Waals surface area contributed by atoms with E-state index in [-0.39, 0.29) is 24.4 Å². The van der Waals surface area contributed by atoms with Crippen LogP contribution in [0.3, 0.4) is 0 Å². The van der Waals surface area contributed by atoms with Gasteiger partial charge in [-0.15, -0.1) is 22.7 Å². The van der Waals surface area contributed by atoms with E-state index in [0.717, 1.165) is 32.7 Å². The molecule has 2 aliphatic carbocycles. The summed E-state index contributed by atoms with van der Waals surface area (Å²) in [5.74, 6) is -1.61. The van der Waals surface area contributed by atoms with Gasteiger partial charge >= 0.3 is 12.2 Å². The first-order chi connectivity index (χ1) is 32.2. The molecule has 0 aliphatic heterocycles. The van der Waals surface area contributed by atoms with Gasteiger partial charge in [-0.25, -0.2) is 18.7 Å². The average Bonchev–Trinajstić information content (AvgIpc) is 4.16. The lowest BCUT2D eigenvalue weighted by Gasteiger charge is -2.07. The fourth-order valence-corrected chi connectivity index (χ4v) is 11.2. The summed E-state index contributed by atoms with van der Waals surface area (Å²) in [6.45, 7) is -0.107. The fraction of sp³-hybridized carbons (Fsp3) is 0.0370. The van der Waals surface area contributed by atoms with E-state index in [0.29, 0.717) is 63.5 Å². The highest BCUT2D eigenvalue weighted by atomic mass is 32.1. The van der Waals surface area contributed by atoms with Gasteiger partial charge in [-0.05, 0) is 81.2 Å². The molecule has 0 bridgehead atoms. The highest BCUT2D eigenvalue weighted by Crippen LogP contribution is 2.46. The first-order valence-electron chi connectivity index (χ1n) is 20.9. The van der Waals surface area contributed by atoms with Crippen molar-refractivity contribution in [1.82, 2.24) is 9.13 Å². The summed E-state index contributed by atoms with van der Waals surface area (Å²) < 4.78 is 15.7. The Morgan fingerprint density at radius 3 is 1.09 bits per heavy atom. The largest absolute Gasteiger partial charge is 0.444 e. The van der Waals surface area contributed by atoms with Crippen molar-refractivity contribution in [3.63, 3.8) is 0 Å². The van der Waals surface area contributed by atoms with Gasteiger partial charge in [0.05, 0.1) is 42.6 Å². The van der Waals surface area contributed by atoms with Gasteiger partial charge in [0.2, 0.25) is 0 Å². The molecular weight excluding hydrogens is 869 g/mol. The van der Waals surface area contributed by atoms with Crippen molar-refractivity contribution in [2.75, 3.05) is 0 Å². The molecule has 0 radical (unpaired) electrons. The maximum atomic E-state index is 14.6. The molecule has 4 aromatic heterocycles. The number of benzene rings is 6. The zero-order chi connectivity index (χ0) is 44.8. The quantitative estimate of drug-likeness (QED) is 0.119. The number of aromatic nitrogens is 2. The minimum absolute atomic E-state index is 0.0128. The van der Waals surface area contributed by atoms with Gasteiger partial charge in [-0.3, -0.25) is 19.2 Å². The van der Waals surface area contributed by atoms with Crippen molar-refractivity contribution in [2.24, 2.45) is 0 Å². The Balaban J connectivity index is 1.03. The molecule has 10 nitrogen and oxygen atoms in total. The Morgan fingerprint density at radius 1 is 0.439 bits per heavy atom. The standard InChI is InChI=1S/C54H30N2O8S2/c57-47-37-19-31-15-7-8-16-32(31)20-38(37)48(58)41(47)23-35-25-43-51(65-35)46-45(55(43)53(61)63-27-29-11-3-1-4-12-29)52-44(56(46)54(62)64-28-30-13-5-2-6-14-30)26-36(66-52)24-42-49(59)39-21-33-17-9-10-18-34(33)22-40(39)50(42)60/h1-26H,27-28H2. The number of fused-ring (bicyclic) bond motifs is 9. The summed E-state index contributed by atoms with van der Waals surface area (Å²) in [6, 6.07) is 43.8. The first-order valence-corrected chi connectivity index (χ1v) is 22.6. The van der Waals surface area contributed by atoms with E-state index in [1.165, 1.54) is 44.0 Å². The monoisotopic (exact) mass is 898 g/mol. The third-order valence-corrected chi connectivity index (χ3v) is 14.3. The van der Waals surface area contributed by atoms with Crippen molar-refractivity contribution in [3.05, 3.63) is 200 Å². The Morgan fingerprint density at radius 2 is 0.758 bits per heavy atom. The number of rotatable bonds is 6. The molecule has 0 N–H and O–H groups in total. The molecule has 12 heteroatoms. The number of ketones is 4. The average molecular weight is 899 g/mol. The Hall–Kier alpha value is -8.32. The smallest absolute Gasteiger partial charge is 0.419 e. The molecule has 0 amide bonds. The zero-order valence-corrected chi connectivity index (χ0v) is 36.0. The number of Topliss-reactive ketones (excluding diaryl/α,β-unsaturated/α-hetero) is 4. The van der Waals surface area contributed by atoms with Crippen LogP contribution in [0.25, 0.3) is 65.2 Å². The lowest BCUT2D eigenvalue weighted by atomic mass is 10.0. The van der Waals surface area contributed by atoms with Gasteiger partial charge in [0, 0.05) is 32.0 Å². The second kappa shape index (κ2) is 15.2. The van der Waals surface area contributed by atoms with E-state index in [1.807, 2.05) is 109 Å². The molecule has 2 aliphatic rings. The number of carbonyl (C=O) groups excluding carboxylic acids is 6. The number of nitrogens with zero attached hydrogens (tertiary/aromatic N) is 2. The van der Waals surface area contributed by atoms with Gasteiger partial charge in [-0.1, -0.05) is 109 Å². The van der Waals surface area contributed by atoms with Crippen molar-refractivity contribution in [1.29, 1.82) is 0 Å². The van der Waals surface area contributed by atoms with Crippen LogP contribution in [0.4, 0.5) is 9.59 Å². The van der Waals surface area contributed by atoms with Gasteiger partial charge < -0.3 is 9.47 Å². The van der Waals surface area contributed by atoms with E-state index in [2.05, 4.69) is 0 Å². The van der Waals surface area contributed by atoms with E-state index in [9.17, 15) is 28.8 Å². The summed E-state index contributed by atoms with van der Waals surface area (Å²) in [6.07, 6.45) is 1.60. The van der Waals surface area contributed by atoms with Gasteiger partial charge in [0.25, 0.3) is 0 Å². The van der Waals surface area contributed by atoms with E-state index < -0.39 is 35.3 Å². The topological polar surface area (TPSA) is 131 Å². The van der Waals surface area contributed by atoms with E-state index >= 15 is 0 Å². The number of thiophene rings is 2. The Labute approximate surface area is 381 Å². The Kier molecular flexibility index (Phi) is 9.02. The van der Waals surface area contributed by atoms with Crippen molar-refractivity contribution in [2.45, 2.75) is 13.2 Å². The van der Waals surface area contributed by atoms with Crippen LogP contribution < -0.4 is 0 Å². The lowest BCUT2D eigenvalue weighted by Crippen LogP contribution is -2.13. The molecule has 0 saturated heterocycles. The normalized spacial score (nSPS) is 13.5. The molecule has 12 rings (SSSR count). The lowest BCUT2D eigenvalue weighted by molar-refractivity contribution is 0.0975. The molecule has 0 fully saturated rings. The second-order valence-corrected chi connectivity index (χ2v) is 18.3. The summed E-state index contributed by atoms with van der Waals surface area (Å²) in [5.41, 5.74) is 4.21. The minimum Gasteiger partial charge on any atom is -0.444 e. The number of hydrogen-bond acceptors (Lipinski definition) is 10. The summed E-state index contributed by atoms with van der Waals surface area (Å²) >= 11 is 2.41. The number of carbonyl (C=O) groups is 6. The van der Waals surface area contributed by atoms with Crippen LogP contribution in [-0.2, 0) is 22.7 Å². The fourth-order valence-electron chi connectivity index (χ4n) is 9.00. The molecule has 10 aromatic rings. The molecular formula is C54H30N2O8S2. The van der Waals surface area contributed by atoms with Crippen molar-refractivity contribution >= 4 is 123 Å². The first kappa shape index (κ1) is 39.3. The van der Waals surface area contributed by atoms with Crippen LogP contribution in [0.15, 0.2) is 157 Å². The van der Waals surface area contributed by atoms with Crippen LogP contribution in [0.2, 0.25) is 0 Å². The summed E-state index contributed by atoms with van der Waals surface area (Å²) in [5, 5.41) is 3.35. The molecule has 0 unspecified atom stereocenters. The third-order valence-electron chi connectivity index (χ3n) is 12.1. The summed E-state index contributed by atoms with van der Waals surface area (Å²) in [4.78, 5) is 85.6. The molecule has 0 spiro atoms. The molecule has 0 atom stereocenters. The number of ether oxygens (including phenoxy) is 2. The van der Waals surface area contributed by atoms with Gasteiger partial charge in [0.15, 0.2) is 23.1 Å². The molecule has 66 heavy (non-hydrogen) atoms. The van der Waals surface area contributed by atoms with E-state index in [4.69, 9.17) is 9.47 Å². The summed E-state index contributed by atoms with van der Waals surface area (Å²) in [7, 11) is 0. The highest BCUT2D eigenvalue weighted by Gasteiger charge is 2.36. The molecule has 4 heterocycles. The maximum Gasteiger partial charge on any atom is 0.419 e. The number of allylic oxidation sites excluding steroid dienone is 2. The van der Waals surface area contributed by atoms with Crippen LogP contribution in [0, 0.1) is 0 Å². The van der Waals surface area contributed by atoms with Gasteiger partial charge in [-0.2, -0.15) is 0 Å². The molecule has 0 saturated carbocycles. The highest BCUT2D eigenvalue weighted by molar-refractivity contribution is 7.22. The maximum absolute atomic E-state index is 14.6. The third kappa shape index (κ3) is 6.21. The van der Waals surface area contributed by atoms with E-state index in [1.54, 1.807) is 36.4 Å². The predicted molar refractivity (Wildman–Crippen MR) is 256 cm³/mol. The van der Waals surface area contributed by atoms with Crippen molar-refractivity contribution < 1.29 is 38.2 Å². The van der Waals surface area contributed by atoms with Gasteiger partial charge in [0.1, 0.15) is 13.2 Å². The second-order valence-electron chi connectivity index (χ2n) is 16.1. The van der Waals surface area contributed by atoms with Crippen molar-refractivity contribution in [3.8, 4) is 0 Å².